The quantitative estimate of drug-likeness (QED) is 0.173. The molecule has 0 unspecified atom stereocenters. The van der Waals surface area contributed by atoms with Crippen molar-refractivity contribution < 1.29 is 28.9 Å². The number of carbonyl (C=O) groups is 2. The molecule has 244 valence electrons. The molecule has 0 amide bonds. The van der Waals surface area contributed by atoms with Gasteiger partial charge in [0.25, 0.3) is 0 Å². The molecule has 0 radical (unpaired) electrons. The van der Waals surface area contributed by atoms with Crippen molar-refractivity contribution in [3.63, 3.8) is 0 Å². The van der Waals surface area contributed by atoms with Crippen LogP contribution in [-0.4, -0.2) is 55.6 Å². The zero-order valence-corrected chi connectivity index (χ0v) is 28.2. The zero-order valence-electron chi connectivity index (χ0n) is 28.2. The third kappa shape index (κ3) is 4.76. The fourth-order valence-electron chi connectivity index (χ4n) is 11.6. The Balaban J connectivity index is 1.56. The van der Waals surface area contributed by atoms with E-state index in [1.54, 1.807) is 0 Å². The molecular weight excluding hydrogens is 542 g/mol. The number of hydrogen-bond donors (Lipinski definition) is 2. The maximum atomic E-state index is 13.3. The molecule has 3 N–H and O–H groups in total. The second-order valence-electron chi connectivity index (χ2n) is 16.5. The summed E-state index contributed by atoms with van der Waals surface area (Å²) in [6.45, 7) is 20.0. The summed E-state index contributed by atoms with van der Waals surface area (Å²) < 4.78 is 19.2. The van der Waals surface area contributed by atoms with Gasteiger partial charge in [-0.05, 0) is 97.8 Å². The molecule has 0 aromatic rings. The van der Waals surface area contributed by atoms with Crippen LogP contribution >= 0.6 is 0 Å². The fraction of sp³-hybridized carbons (Fsp3) is 0.889. The van der Waals surface area contributed by atoms with Gasteiger partial charge in [0.15, 0.2) is 0 Å². The van der Waals surface area contributed by atoms with Crippen LogP contribution in [0, 0.1) is 56.7 Å². The van der Waals surface area contributed by atoms with Gasteiger partial charge in [-0.2, -0.15) is 0 Å². The normalized spacial score (nSPS) is 46.2. The van der Waals surface area contributed by atoms with E-state index in [9.17, 15) is 14.7 Å². The molecule has 5 aliphatic rings. The van der Waals surface area contributed by atoms with Crippen LogP contribution in [0.3, 0.4) is 0 Å². The van der Waals surface area contributed by atoms with Crippen molar-refractivity contribution in [1.29, 1.82) is 0 Å². The molecule has 43 heavy (non-hydrogen) atoms. The number of nitrogens with two attached hydrogens (primary N) is 1. The molecule has 4 aliphatic carbocycles. The van der Waals surface area contributed by atoms with Crippen LogP contribution in [-0.2, 0) is 23.8 Å². The second kappa shape index (κ2) is 11.4. The Morgan fingerprint density at radius 2 is 1.79 bits per heavy atom. The van der Waals surface area contributed by atoms with Crippen molar-refractivity contribution in [3.05, 3.63) is 11.6 Å². The summed E-state index contributed by atoms with van der Waals surface area (Å²) in [6, 6.07) is 0. The monoisotopic (exact) mass is 601 g/mol. The van der Waals surface area contributed by atoms with Gasteiger partial charge in [0.05, 0.1) is 19.1 Å². The van der Waals surface area contributed by atoms with Crippen LogP contribution in [0.2, 0.25) is 0 Å². The number of unbranched alkanes of at least 4 members (excludes halogenated alkanes) is 1. The number of rotatable bonds is 9. The van der Waals surface area contributed by atoms with Crippen LogP contribution < -0.4 is 5.73 Å². The lowest BCUT2D eigenvalue weighted by atomic mass is 9.34. The van der Waals surface area contributed by atoms with Crippen LogP contribution in [0.5, 0.6) is 0 Å². The van der Waals surface area contributed by atoms with Gasteiger partial charge in [0, 0.05) is 24.4 Å². The maximum Gasteiger partial charge on any atom is 0.307 e. The van der Waals surface area contributed by atoms with Gasteiger partial charge in [0.2, 0.25) is 0 Å². The van der Waals surface area contributed by atoms with Gasteiger partial charge >= 0.3 is 11.9 Å². The van der Waals surface area contributed by atoms with E-state index < -0.39 is 11.9 Å². The molecule has 1 heterocycles. The van der Waals surface area contributed by atoms with Crippen molar-refractivity contribution in [2.45, 2.75) is 119 Å². The summed E-state index contributed by atoms with van der Waals surface area (Å²) in [5, 5.41) is 10.9. The van der Waals surface area contributed by atoms with E-state index in [-0.39, 0.29) is 51.2 Å². The van der Waals surface area contributed by atoms with Gasteiger partial charge in [-0.15, -0.1) is 0 Å². The van der Waals surface area contributed by atoms with Crippen molar-refractivity contribution in [3.8, 4) is 0 Å². The highest BCUT2D eigenvalue weighted by Gasteiger charge is 2.72. The highest BCUT2D eigenvalue weighted by molar-refractivity contribution is 5.73. The maximum absolute atomic E-state index is 13.3. The van der Waals surface area contributed by atoms with Crippen LogP contribution in [0.4, 0.5) is 0 Å². The van der Waals surface area contributed by atoms with Crippen LogP contribution in [0.15, 0.2) is 11.6 Å². The average Bonchev–Trinajstić information content (AvgIpc) is 2.92. The lowest BCUT2D eigenvalue weighted by Crippen LogP contribution is -2.70. The Kier molecular flexibility index (Phi) is 8.75. The number of carboxylic acid groups (broad SMARTS) is 1. The summed E-state index contributed by atoms with van der Waals surface area (Å²) in [5.74, 6) is 0.0671. The summed E-state index contributed by atoms with van der Waals surface area (Å²) in [4.78, 5) is 25.7. The zero-order chi connectivity index (χ0) is 31.6. The molecule has 1 aliphatic heterocycles. The molecule has 3 saturated carbocycles. The van der Waals surface area contributed by atoms with Crippen molar-refractivity contribution in [2.75, 3.05) is 26.4 Å². The largest absolute Gasteiger partial charge is 0.481 e. The Morgan fingerprint density at radius 1 is 1.07 bits per heavy atom. The number of carbonyl (C=O) groups excluding carboxylic acids is 1. The lowest BCUT2D eigenvalue weighted by molar-refractivity contribution is -0.267. The van der Waals surface area contributed by atoms with E-state index in [0.29, 0.717) is 50.5 Å². The van der Waals surface area contributed by atoms with E-state index in [1.807, 2.05) is 0 Å². The van der Waals surface area contributed by atoms with Gasteiger partial charge < -0.3 is 25.1 Å². The van der Waals surface area contributed by atoms with Gasteiger partial charge in [-0.3, -0.25) is 9.59 Å². The molecule has 7 nitrogen and oxygen atoms in total. The third-order valence-corrected chi connectivity index (χ3v) is 14.3. The molecule has 0 aromatic heterocycles. The summed E-state index contributed by atoms with van der Waals surface area (Å²) in [5.41, 5.74) is 5.92. The first-order valence-corrected chi connectivity index (χ1v) is 17.1. The summed E-state index contributed by atoms with van der Waals surface area (Å²) in [7, 11) is 0. The van der Waals surface area contributed by atoms with E-state index in [4.69, 9.17) is 19.9 Å². The minimum absolute atomic E-state index is 0.142. The van der Waals surface area contributed by atoms with Crippen molar-refractivity contribution in [1.82, 2.24) is 0 Å². The topological polar surface area (TPSA) is 108 Å². The van der Waals surface area contributed by atoms with Crippen LogP contribution in [0.25, 0.3) is 0 Å². The number of hydrogen-bond acceptors (Lipinski definition) is 6. The molecule has 5 rings (SSSR count). The predicted octanol–water partition coefficient (Wildman–Crippen LogP) is 6.63. The number of esters is 1. The number of fused-ring (bicyclic) bond motifs is 3. The molecule has 7 heteroatoms. The third-order valence-electron chi connectivity index (χ3n) is 14.3. The van der Waals surface area contributed by atoms with Crippen molar-refractivity contribution in [2.24, 2.45) is 62.4 Å². The van der Waals surface area contributed by atoms with Crippen molar-refractivity contribution >= 4 is 11.9 Å². The highest BCUT2D eigenvalue weighted by Crippen LogP contribution is 2.75. The first-order valence-electron chi connectivity index (χ1n) is 17.1. The smallest absolute Gasteiger partial charge is 0.307 e. The molecule has 0 aromatic carbocycles. The molecule has 11 atom stereocenters. The first-order chi connectivity index (χ1) is 20.1. The lowest BCUT2D eigenvalue weighted by Gasteiger charge is -2.71. The van der Waals surface area contributed by atoms with Gasteiger partial charge in [0.1, 0.15) is 12.2 Å². The first kappa shape index (κ1) is 32.9. The second-order valence-corrected chi connectivity index (χ2v) is 16.5. The number of aliphatic carboxylic acids is 1. The SMILES string of the molecule is CC(=O)O[C@@H]1C[C@@]23COC[C@](C)([C@@H]2CC[C@H]2C3=CC[C@@]3(C)[C@H](C(=O)O)[C@@](C)([C@H](C)C(C)C)CC[C@]23C)[C@H]1OCCCCN. The summed E-state index contributed by atoms with van der Waals surface area (Å²) in [6.07, 6.45) is 9.21. The molecule has 1 saturated heterocycles. The number of ether oxygens (including phenoxy) is 3. The average molecular weight is 602 g/mol. The molecule has 2 bridgehead atoms. The Labute approximate surface area is 260 Å². The van der Waals surface area contributed by atoms with E-state index >= 15 is 0 Å². The highest BCUT2D eigenvalue weighted by atomic mass is 16.6. The Hall–Kier alpha value is -1.44. The number of allylic oxidation sites excluding steroid dienone is 1. The molecule has 0 spiro atoms. The molecule has 4 fully saturated rings. The standard InChI is InChI=1S/C36H59NO6/c1-22(2)23(3)32(5)15-16-34(7)25-11-12-28-33(6)20-41-21-36(28,26(25)13-14-35(34,8)29(32)31(39)40)19-27(43-24(4)38)30(33)42-18-10-9-17-37/h13,22-23,25,27-30H,9-12,14-21,37H2,1-8H3,(H,39,40)/t23-,25+,27-,28+,29-,30+,32-,33-,34-,35+,36+/m1/s1. The van der Waals surface area contributed by atoms with Gasteiger partial charge in [-0.1, -0.05) is 60.1 Å². The van der Waals surface area contributed by atoms with E-state index in [1.165, 1.54) is 12.5 Å². The number of carboxylic acids is 1. The van der Waals surface area contributed by atoms with E-state index in [2.05, 4.69) is 54.5 Å². The van der Waals surface area contributed by atoms with Crippen LogP contribution in [0.1, 0.15) is 107 Å². The minimum atomic E-state index is -0.636. The van der Waals surface area contributed by atoms with E-state index in [0.717, 1.165) is 44.9 Å². The summed E-state index contributed by atoms with van der Waals surface area (Å²) >= 11 is 0. The van der Waals surface area contributed by atoms with Gasteiger partial charge in [-0.25, -0.2) is 0 Å². The Morgan fingerprint density at radius 3 is 2.42 bits per heavy atom. The fourth-order valence-corrected chi connectivity index (χ4v) is 11.6. The predicted molar refractivity (Wildman–Crippen MR) is 167 cm³/mol. The Bertz CT molecular complexity index is 1120. The molecular formula is C36H59NO6. The minimum Gasteiger partial charge on any atom is -0.481 e.